The number of hydrogen-bond donors (Lipinski definition) is 2. The zero-order chi connectivity index (χ0) is 20.6. The Morgan fingerprint density at radius 3 is 2.62 bits per heavy atom. The third-order valence-corrected chi connectivity index (χ3v) is 5.47. The van der Waals surface area contributed by atoms with Crippen molar-refractivity contribution >= 4 is 28.4 Å². The Hall–Kier alpha value is -2.52. The van der Waals surface area contributed by atoms with Gasteiger partial charge in [-0.25, -0.2) is 4.79 Å². The highest BCUT2D eigenvalue weighted by molar-refractivity contribution is 7.13. The molecule has 1 fully saturated rings. The highest BCUT2D eigenvalue weighted by Gasteiger charge is 2.27. The topological polar surface area (TPSA) is 96.5 Å². The van der Waals surface area contributed by atoms with E-state index in [2.05, 4.69) is 20.8 Å². The second-order valence-electron chi connectivity index (χ2n) is 7.28. The smallest absolute Gasteiger partial charge is 0.317 e. The van der Waals surface area contributed by atoms with E-state index in [4.69, 9.17) is 4.74 Å². The van der Waals surface area contributed by atoms with Crippen molar-refractivity contribution in [3.63, 3.8) is 0 Å². The summed E-state index contributed by atoms with van der Waals surface area (Å²) in [6.07, 6.45) is 1.43. The van der Waals surface area contributed by atoms with E-state index in [0.717, 1.165) is 11.1 Å². The quantitative estimate of drug-likeness (QED) is 0.722. The number of anilines is 1. The van der Waals surface area contributed by atoms with Crippen LogP contribution in [0.5, 0.6) is 0 Å². The van der Waals surface area contributed by atoms with Crippen LogP contribution in [-0.2, 0) is 22.7 Å². The van der Waals surface area contributed by atoms with Crippen LogP contribution >= 0.6 is 11.3 Å². The Balaban J connectivity index is 1.45. The number of urea groups is 1. The van der Waals surface area contributed by atoms with Crippen molar-refractivity contribution in [3.8, 4) is 0 Å². The van der Waals surface area contributed by atoms with Gasteiger partial charge in [-0.05, 0) is 37.8 Å². The minimum absolute atomic E-state index is 0.0547. The van der Waals surface area contributed by atoms with Gasteiger partial charge in [0.1, 0.15) is 5.51 Å². The molecule has 2 heterocycles. The predicted molar refractivity (Wildman–Crippen MR) is 111 cm³/mol. The van der Waals surface area contributed by atoms with E-state index in [1.807, 2.05) is 38.1 Å². The van der Waals surface area contributed by atoms with Crippen molar-refractivity contribution < 1.29 is 14.3 Å². The van der Waals surface area contributed by atoms with Gasteiger partial charge in [-0.3, -0.25) is 4.79 Å². The van der Waals surface area contributed by atoms with Gasteiger partial charge in [-0.2, -0.15) is 0 Å². The molecule has 3 rings (SSSR count). The van der Waals surface area contributed by atoms with Crippen LogP contribution in [0.1, 0.15) is 37.8 Å². The molecule has 2 N–H and O–H groups in total. The first-order valence-electron chi connectivity index (χ1n) is 9.81. The maximum Gasteiger partial charge on any atom is 0.317 e. The summed E-state index contributed by atoms with van der Waals surface area (Å²) in [7, 11) is 0. The molecule has 0 atom stereocenters. The first-order valence-corrected chi connectivity index (χ1v) is 10.7. The minimum Gasteiger partial charge on any atom is -0.374 e. The molecule has 1 aliphatic heterocycles. The molecular formula is C20H27N5O3S. The van der Waals surface area contributed by atoms with Crippen LogP contribution in [0.4, 0.5) is 9.93 Å². The summed E-state index contributed by atoms with van der Waals surface area (Å²) < 4.78 is 5.69. The number of nitrogens with one attached hydrogen (secondary N) is 2. The zero-order valence-corrected chi connectivity index (χ0v) is 17.6. The van der Waals surface area contributed by atoms with Crippen LogP contribution in [0.2, 0.25) is 0 Å². The molecule has 0 unspecified atom stereocenters. The van der Waals surface area contributed by atoms with Crippen LogP contribution in [0.25, 0.3) is 0 Å². The lowest BCUT2D eigenvalue weighted by Gasteiger charge is -2.31. The number of benzene rings is 1. The summed E-state index contributed by atoms with van der Waals surface area (Å²) in [5.41, 5.74) is 3.71. The second-order valence-corrected chi connectivity index (χ2v) is 8.11. The molecule has 2 aromatic rings. The molecule has 29 heavy (non-hydrogen) atoms. The van der Waals surface area contributed by atoms with Gasteiger partial charge in [-0.15, -0.1) is 10.2 Å². The Kier molecular flexibility index (Phi) is 7.54. The monoisotopic (exact) mass is 417 g/mol. The highest BCUT2D eigenvalue weighted by atomic mass is 32.1. The van der Waals surface area contributed by atoms with Gasteiger partial charge in [0.2, 0.25) is 11.0 Å². The number of carbonyl (C=O) groups is 2. The molecule has 0 bridgehead atoms. The third kappa shape index (κ3) is 6.23. The highest BCUT2D eigenvalue weighted by Crippen LogP contribution is 2.20. The molecule has 1 saturated heterocycles. The van der Waals surface area contributed by atoms with E-state index in [0.29, 0.717) is 44.2 Å². The van der Waals surface area contributed by atoms with Crippen LogP contribution in [-0.4, -0.2) is 46.2 Å². The minimum atomic E-state index is -0.114. The van der Waals surface area contributed by atoms with Gasteiger partial charge < -0.3 is 20.3 Å². The molecule has 1 aliphatic rings. The standard InChI is InChI=1S/C20H27N5O3S/c1-14(2)28-12-17-6-4-3-5-16(17)11-21-20(27)25-9-7-15(8-10-25)18(26)23-19-24-22-13-29-19/h3-6,13-15H,7-12H2,1-2H3,(H,21,27)(H,23,24,26). The van der Waals surface area contributed by atoms with Gasteiger partial charge in [-0.1, -0.05) is 35.6 Å². The number of aromatic nitrogens is 2. The lowest BCUT2D eigenvalue weighted by atomic mass is 9.96. The van der Waals surface area contributed by atoms with Gasteiger partial charge in [0, 0.05) is 25.6 Å². The molecule has 156 valence electrons. The number of carbonyl (C=O) groups excluding carboxylic acids is 2. The predicted octanol–water partition coefficient (Wildman–Crippen LogP) is 3.02. The second kappa shape index (κ2) is 10.3. The maximum absolute atomic E-state index is 12.5. The number of rotatable bonds is 7. The van der Waals surface area contributed by atoms with Crippen molar-refractivity contribution in [1.29, 1.82) is 0 Å². The fourth-order valence-corrected chi connectivity index (χ4v) is 3.64. The summed E-state index contributed by atoms with van der Waals surface area (Å²) in [4.78, 5) is 26.6. The Labute approximate surface area is 174 Å². The van der Waals surface area contributed by atoms with E-state index in [1.165, 1.54) is 11.3 Å². The van der Waals surface area contributed by atoms with Gasteiger partial charge in [0.25, 0.3) is 0 Å². The summed E-state index contributed by atoms with van der Waals surface area (Å²) in [5, 5.41) is 13.8. The normalized spacial score (nSPS) is 14.8. The first-order chi connectivity index (χ1) is 14.0. The Morgan fingerprint density at radius 1 is 1.24 bits per heavy atom. The van der Waals surface area contributed by atoms with E-state index in [9.17, 15) is 9.59 Å². The van der Waals surface area contributed by atoms with Gasteiger partial charge in [0.05, 0.1) is 12.7 Å². The fourth-order valence-electron chi connectivity index (χ4n) is 3.19. The van der Waals surface area contributed by atoms with Crippen molar-refractivity contribution in [2.24, 2.45) is 5.92 Å². The van der Waals surface area contributed by atoms with Crippen molar-refractivity contribution in [2.45, 2.75) is 45.9 Å². The summed E-state index contributed by atoms with van der Waals surface area (Å²) >= 11 is 1.29. The third-order valence-electron chi connectivity index (χ3n) is 4.86. The molecule has 3 amide bonds. The van der Waals surface area contributed by atoms with Crippen molar-refractivity contribution in [3.05, 3.63) is 40.9 Å². The van der Waals surface area contributed by atoms with E-state index in [1.54, 1.807) is 10.4 Å². The average molecular weight is 418 g/mol. The molecule has 1 aromatic carbocycles. The molecule has 1 aromatic heterocycles. The van der Waals surface area contributed by atoms with Gasteiger partial charge in [0.15, 0.2) is 0 Å². The summed E-state index contributed by atoms with van der Waals surface area (Å²) in [6.45, 7) is 6.09. The molecule has 0 saturated carbocycles. The number of likely N-dealkylation sites (tertiary alicyclic amines) is 1. The molecular weight excluding hydrogens is 390 g/mol. The number of piperidine rings is 1. The number of amides is 3. The molecule has 0 aliphatic carbocycles. The van der Waals surface area contributed by atoms with Gasteiger partial charge >= 0.3 is 6.03 Å². The van der Waals surface area contributed by atoms with Crippen LogP contribution in [0.15, 0.2) is 29.8 Å². The van der Waals surface area contributed by atoms with E-state index < -0.39 is 0 Å². The van der Waals surface area contributed by atoms with Crippen molar-refractivity contribution in [2.75, 3.05) is 18.4 Å². The van der Waals surface area contributed by atoms with E-state index >= 15 is 0 Å². The fraction of sp³-hybridized carbons (Fsp3) is 0.500. The summed E-state index contributed by atoms with van der Waals surface area (Å²) in [6, 6.07) is 7.85. The lowest BCUT2D eigenvalue weighted by Crippen LogP contribution is -2.46. The molecule has 8 nitrogen and oxygen atoms in total. The maximum atomic E-state index is 12.5. The molecule has 9 heteroatoms. The lowest BCUT2D eigenvalue weighted by molar-refractivity contribution is -0.121. The summed E-state index contributed by atoms with van der Waals surface area (Å²) in [5.74, 6) is -0.169. The van der Waals surface area contributed by atoms with Crippen molar-refractivity contribution in [1.82, 2.24) is 20.4 Å². The Bertz CT molecular complexity index is 804. The number of hydrogen-bond acceptors (Lipinski definition) is 6. The van der Waals surface area contributed by atoms with E-state index in [-0.39, 0.29) is 24.0 Å². The average Bonchev–Trinajstić information content (AvgIpc) is 3.24. The number of ether oxygens (including phenoxy) is 1. The first kappa shape index (κ1) is 21.2. The largest absolute Gasteiger partial charge is 0.374 e. The van der Waals surface area contributed by atoms with Crippen LogP contribution in [0, 0.1) is 5.92 Å². The zero-order valence-electron chi connectivity index (χ0n) is 16.8. The molecule has 0 spiro atoms. The van der Waals surface area contributed by atoms with Crippen LogP contribution in [0.3, 0.4) is 0 Å². The van der Waals surface area contributed by atoms with Crippen LogP contribution < -0.4 is 10.6 Å². The number of nitrogens with zero attached hydrogens (tertiary/aromatic N) is 3. The Morgan fingerprint density at radius 2 is 1.97 bits per heavy atom. The molecule has 0 radical (unpaired) electrons. The SMILES string of the molecule is CC(C)OCc1ccccc1CNC(=O)N1CCC(C(=O)Nc2nncs2)CC1.